The summed E-state index contributed by atoms with van der Waals surface area (Å²) in [5, 5.41) is 0. The molecule has 107 valence electrons. The van der Waals surface area contributed by atoms with E-state index in [0.29, 0.717) is 5.92 Å². The minimum absolute atomic E-state index is 0.639. The van der Waals surface area contributed by atoms with Crippen molar-refractivity contribution in [3.05, 3.63) is 71.1 Å². The molecule has 0 bridgehead atoms. The molecule has 2 aromatic carbocycles. The fraction of sp³-hybridized carbons (Fsp3) is 0.286. The molecule has 0 heteroatoms. The third-order valence-electron chi connectivity index (χ3n) is 4.62. The zero-order chi connectivity index (χ0) is 14.8. The second-order valence-electron chi connectivity index (χ2n) is 5.96. The number of allylic oxidation sites excluding steroid dienone is 1. The van der Waals surface area contributed by atoms with E-state index in [1.165, 1.54) is 39.8 Å². The van der Waals surface area contributed by atoms with Gasteiger partial charge in [-0.15, -0.1) is 0 Å². The van der Waals surface area contributed by atoms with Crippen molar-refractivity contribution < 1.29 is 0 Å². The predicted octanol–water partition coefficient (Wildman–Crippen LogP) is 6.23. The van der Waals surface area contributed by atoms with Crippen LogP contribution in [-0.2, 0) is 0 Å². The Morgan fingerprint density at radius 2 is 1.71 bits per heavy atom. The first-order valence-corrected chi connectivity index (χ1v) is 8.01. The van der Waals surface area contributed by atoms with Gasteiger partial charge in [-0.2, -0.15) is 0 Å². The summed E-state index contributed by atoms with van der Waals surface area (Å²) < 4.78 is 0. The largest absolute Gasteiger partial charge is 0.0648 e. The lowest BCUT2D eigenvalue weighted by Gasteiger charge is -2.11. The fourth-order valence-electron chi connectivity index (χ4n) is 2.98. The van der Waals surface area contributed by atoms with Crippen LogP contribution in [0.15, 0.2) is 48.0 Å². The molecular weight excluding hydrogens is 252 g/mol. The van der Waals surface area contributed by atoms with Crippen LogP contribution in [0, 0.1) is 6.42 Å². The summed E-state index contributed by atoms with van der Waals surface area (Å²) in [5.74, 6) is 0.639. The van der Waals surface area contributed by atoms with Crippen molar-refractivity contribution >= 4 is 6.08 Å². The average molecular weight is 275 g/mol. The topological polar surface area (TPSA) is 0 Å². The molecule has 0 heterocycles. The molecule has 0 nitrogen and oxygen atoms in total. The molecule has 0 saturated heterocycles. The van der Waals surface area contributed by atoms with Gasteiger partial charge in [0.2, 0.25) is 0 Å². The van der Waals surface area contributed by atoms with Gasteiger partial charge in [0, 0.05) is 6.42 Å². The highest BCUT2D eigenvalue weighted by molar-refractivity contribution is 5.83. The first-order valence-electron chi connectivity index (χ1n) is 8.01. The Bertz CT molecular complexity index is 659. The molecule has 1 aliphatic carbocycles. The van der Waals surface area contributed by atoms with Gasteiger partial charge in [-0.3, -0.25) is 0 Å². The lowest BCUT2D eigenvalue weighted by molar-refractivity contribution is 0.734. The highest BCUT2D eigenvalue weighted by atomic mass is 14.2. The quantitative estimate of drug-likeness (QED) is 0.620. The summed E-state index contributed by atoms with van der Waals surface area (Å²) in [4.78, 5) is 0. The van der Waals surface area contributed by atoms with E-state index in [1.54, 1.807) is 0 Å². The summed E-state index contributed by atoms with van der Waals surface area (Å²) in [6.45, 7) is 6.75. The van der Waals surface area contributed by atoms with Crippen molar-refractivity contribution in [2.45, 2.75) is 39.5 Å². The first kappa shape index (κ1) is 14.1. The number of hydrogen-bond acceptors (Lipinski definition) is 0. The number of hydrogen-bond donors (Lipinski definition) is 0. The predicted molar refractivity (Wildman–Crippen MR) is 92.3 cm³/mol. The van der Waals surface area contributed by atoms with Crippen LogP contribution in [0.25, 0.3) is 17.2 Å². The van der Waals surface area contributed by atoms with E-state index in [0.717, 1.165) is 6.42 Å². The van der Waals surface area contributed by atoms with Crippen molar-refractivity contribution in [2.24, 2.45) is 0 Å². The fourth-order valence-corrected chi connectivity index (χ4v) is 2.98. The Hall–Kier alpha value is -1.82. The zero-order valence-corrected chi connectivity index (χ0v) is 13.2. The number of fused-ring (bicyclic) bond motifs is 1. The Morgan fingerprint density at radius 3 is 2.38 bits per heavy atom. The van der Waals surface area contributed by atoms with Crippen LogP contribution < -0.4 is 0 Å². The van der Waals surface area contributed by atoms with E-state index in [-0.39, 0.29) is 0 Å². The summed E-state index contributed by atoms with van der Waals surface area (Å²) in [6, 6.07) is 15.7. The highest BCUT2D eigenvalue weighted by Crippen LogP contribution is 2.36. The molecule has 21 heavy (non-hydrogen) atoms. The van der Waals surface area contributed by atoms with Gasteiger partial charge in [-0.05, 0) is 46.6 Å². The van der Waals surface area contributed by atoms with Crippen molar-refractivity contribution in [1.82, 2.24) is 0 Å². The third-order valence-corrected chi connectivity index (χ3v) is 4.62. The highest BCUT2D eigenvalue weighted by Gasteiger charge is 2.15. The van der Waals surface area contributed by atoms with E-state index in [4.69, 9.17) is 0 Å². The van der Waals surface area contributed by atoms with Gasteiger partial charge in [0.05, 0.1) is 0 Å². The van der Waals surface area contributed by atoms with Crippen LogP contribution in [-0.4, -0.2) is 0 Å². The molecule has 2 aromatic rings. The lowest BCUT2D eigenvalue weighted by Crippen LogP contribution is -1.91. The maximum absolute atomic E-state index is 2.34. The van der Waals surface area contributed by atoms with E-state index in [1.807, 2.05) is 0 Å². The first-order chi connectivity index (χ1) is 10.2. The van der Waals surface area contributed by atoms with Crippen LogP contribution in [0.3, 0.4) is 0 Å². The summed E-state index contributed by atoms with van der Waals surface area (Å²) >= 11 is 0. The van der Waals surface area contributed by atoms with Gasteiger partial charge in [-0.1, -0.05) is 74.9 Å². The van der Waals surface area contributed by atoms with Gasteiger partial charge in [0.25, 0.3) is 0 Å². The number of benzene rings is 2. The van der Waals surface area contributed by atoms with Crippen molar-refractivity contribution in [3.63, 3.8) is 0 Å². The van der Waals surface area contributed by atoms with Crippen LogP contribution in [0.5, 0.6) is 0 Å². The minimum atomic E-state index is 0.639. The molecule has 3 rings (SSSR count). The molecule has 0 N–H and O–H groups in total. The molecule has 1 aliphatic rings. The summed E-state index contributed by atoms with van der Waals surface area (Å²) in [5.41, 5.74) is 8.27. The lowest BCUT2D eigenvalue weighted by atomic mass is 9.93. The Labute approximate surface area is 128 Å². The van der Waals surface area contributed by atoms with Gasteiger partial charge in [0.1, 0.15) is 0 Å². The number of rotatable bonds is 4. The van der Waals surface area contributed by atoms with E-state index >= 15 is 0 Å². The van der Waals surface area contributed by atoms with Crippen molar-refractivity contribution in [3.8, 4) is 11.1 Å². The van der Waals surface area contributed by atoms with Gasteiger partial charge >= 0.3 is 0 Å². The second-order valence-corrected chi connectivity index (χ2v) is 5.96. The minimum Gasteiger partial charge on any atom is -0.0648 e. The molecule has 0 spiro atoms. The maximum Gasteiger partial charge on any atom is 0.0164 e. The molecule has 0 saturated carbocycles. The van der Waals surface area contributed by atoms with Crippen LogP contribution >= 0.6 is 0 Å². The Kier molecular flexibility index (Phi) is 3.96. The monoisotopic (exact) mass is 275 g/mol. The summed E-state index contributed by atoms with van der Waals surface area (Å²) in [6.07, 6.45) is 6.94. The zero-order valence-electron chi connectivity index (χ0n) is 13.2. The normalized spacial score (nSPS) is 14.7. The standard InChI is InChI=1S/C21H23/c1-4-15(3)17-9-11-18(12-10-17)20-8-6-7-19-13-16(5-2)14-21(19)20/h6-15H,4-5H2,1-3H3. The maximum atomic E-state index is 2.34. The van der Waals surface area contributed by atoms with Gasteiger partial charge in [0.15, 0.2) is 0 Å². The van der Waals surface area contributed by atoms with Crippen molar-refractivity contribution in [2.75, 3.05) is 0 Å². The van der Waals surface area contributed by atoms with E-state index < -0.39 is 0 Å². The van der Waals surface area contributed by atoms with E-state index in [2.05, 4.69) is 75.7 Å². The Balaban J connectivity index is 1.99. The molecule has 1 unspecified atom stereocenters. The van der Waals surface area contributed by atoms with Crippen LogP contribution in [0.1, 0.15) is 56.2 Å². The molecule has 0 aromatic heterocycles. The Morgan fingerprint density at radius 1 is 0.952 bits per heavy atom. The van der Waals surface area contributed by atoms with Crippen molar-refractivity contribution in [1.29, 1.82) is 0 Å². The third kappa shape index (κ3) is 2.68. The summed E-state index contributed by atoms with van der Waals surface area (Å²) in [7, 11) is 0. The van der Waals surface area contributed by atoms with Crippen LogP contribution in [0.2, 0.25) is 0 Å². The molecule has 1 radical (unpaired) electrons. The van der Waals surface area contributed by atoms with Gasteiger partial charge < -0.3 is 0 Å². The second kappa shape index (κ2) is 5.89. The molecule has 1 atom stereocenters. The molecular formula is C21H23. The average Bonchev–Trinajstić information content (AvgIpc) is 2.97. The SMILES string of the molecule is CCC1=Cc2c(cccc2-c2ccc(C(C)CC)cc2)[CH]1. The van der Waals surface area contributed by atoms with Gasteiger partial charge in [-0.25, -0.2) is 0 Å². The smallest absolute Gasteiger partial charge is 0.0164 e. The molecule has 0 fully saturated rings. The molecule has 0 amide bonds. The van der Waals surface area contributed by atoms with E-state index in [9.17, 15) is 0 Å². The van der Waals surface area contributed by atoms with Crippen LogP contribution in [0.4, 0.5) is 0 Å². The molecule has 0 aliphatic heterocycles.